The highest BCUT2D eigenvalue weighted by molar-refractivity contribution is 5.31. The predicted octanol–water partition coefficient (Wildman–Crippen LogP) is 4.03. The lowest BCUT2D eigenvalue weighted by Crippen LogP contribution is -2.23. The maximum atomic E-state index is 13.1. The highest BCUT2D eigenvalue weighted by Crippen LogP contribution is 2.34. The standard InChI is InChI=1S/C15H23FO/c1-5-12(6-2)15(11(4)17)14-8-7-13(16)9-10(14)3/h7-9,11-12,15,17H,5-6H2,1-4H3/t11-,15+/m1/s1. The van der Waals surface area contributed by atoms with Crippen molar-refractivity contribution in [3.63, 3.8) is 0 Å². The van der Waals surface area contributed by atoms with Crippen LogP contribution >= 0.6 is 0 Å². The quantitative estimate of drug-likeness (QED) is 0.821. The molecule has 0 aliphatic carbocycles. The van der Waals surface area contributed by atoms with Gasteiger partial charge in [-0.2, -0.15) is 0 Å². The van der Waals surface area contributed by atoms with Gasteiger partial charge in [0.1, 0.15) is 5.82 Å². The van der Waals surface area contributed by atoms with Crippen molar-refractivity contribution < 1.29 is 9.50 Å². The summed E-state index contributed by atoms with van der Waals surface area (Å²) in [5.41, 5.74) is 2.01. The Labute approximate surface area is 104 Å². The number of aliphatic hydroxyl groups is 1. The monoisotopic (exact) mass is 238 g/mol. The van der Waals surface area contributed by atoms with E-state index in [9.17, 15) is 9.50 Å². The second-order valence-electron chi connectivity index (χ2n) is 4.84. The second-order valence-corrected chi connectivity index (χ2v) is 4.84. The van der Waals surface area contributed by atoms with Crippen LogP contribution in [0.25, 0.3) is 0 Å². The van der Waals surface area contributed by atoms with E-state index in [0.29, 0.717) is 5.92 Å². The van der Waals surface area contributed by atoms with Crippen LogP contribution in [0.2, 0.25) is 0 Å². The summed E-state index contributed by atoms with van der Waals surface area (Å²) in [4.78, 5) is 0. The maximum absolute atomic E-state index is 13.1. The summed E-state index contributed by atoms with van der Waals surface area (Å²) in [6.45, 7) is 8.02. The normalized spacial score (nSPS) is 15.0. The minimum Gasteiger partial charge on any atom is -0.393 e. The SMILES string of the molecule is CCC(CC)[C@@H](c1ccc(F)cc1C)[C@@H](C)O. The van der Waals surface area contributed by atoms with E-state index < -0.39 is 6.10 Å². The first-order valence-electron chi connectivity index (χ1n) is 6.45. The lowest BCUT2D eigenvalue weighted by molar-refractivity contribution is 0.127. The molecule has 0 amide bonds. The zero-order valence-corrected chi connectivity index (χ0v) is 11.2. The molecule has 0 fully saturated rings. The lowest BCUT2D eigenvalue weighted by Gasteiger charge is -2.29. The number of hydrogen-bond donors (Lipinski definition) is 1. The number of hydrogen-bond acceptors (Lipinski definition) is 1. The number of aryl methyl sites for hydroxylation is 1. The topological polar surface area (TPSA) is 20.2 Å². The van der Waals surface area contributed by atoms with Gasteiger partial charge in [-0.1, -0.05) is 32.8 Å². The molecular weight excluding hydrogens is 215 g/mol. The van der Waals surface area contributed by atoms with Crippen LogP contribution in [-0.2, 0) is 0 Å². The molecule has 1 aromatic rings. The molecule has 0 saturated carbocycles. The molecular formula is C15H23FO. The van der Waals surface area contributed by atoms with Gasteiger partial charge in [0.2, 0.25) is 0 Å². The molecule has 1 nitrogen and oxygen atoms in total. The first-order chi connectivity index (χ1) is 8.01. The molecule has 0 radical (unpaired) electrons. The van der Waals surface area contributed by atoms with Crippen LogP contribution in [0.15, 0.2) is 18.2 Å². The molecule has 17 heavy (non-hydrogen) atoms. The predicted molar refractivity (Wildman–Crippen MR) is 69.6 cm³/mol. The Balaban J connectivity index is 3.13. The molecule has 2 atom stereocenters. The maximum Gasteiger partial charge on any atom is 0.123 e. The highest BCUT2D eigenvalue weighted by atomic mass is 19.1. The van der Waals surface area contributed by atoms with Gasteiger partial charge >= 0.3 is 0 Å². The van der Waals surface area contributed by atoms with Gasteiger partial charge in [0.25, 0.3) is 0 Å². The Morgan fingerprint density at radius 2 is 1.82 bits per heavy atom. The smallest absolute Gasteiger partial charge is 0.123 e. The lowest BCUT2D eigenvalue weighted by atomic mass is 9.78. The van der Waals surface area contributed by atoms with Crippen molar-refractivity contribution >= 4 is 0 Å². The van der Waals surface area contributed by atoms with Crippen LogP contribution in [-0.4, -0.2) is 11.2 Å². The number of halogens is 1. The van der Waals surface area contributed by atoms with Gasteiger partial charge in [0.15, 0.2) is 0 Å². The van der Waals surface area contributed by atoms with E-state index in [0.717, 1.165) is 24.0 Å². The summed E-state index contributed by atoms with van der Waals surface area (Å²) in [5.74, 6) is 0.338. The van der Waals surface area contributed by atoms with Gasteiger partial charge in [-0.3, -0.25) is 0 Å². The van der Waals surface area contributed by atoms with Gasteiger partial charge in [0, 0.05) is 5.92 Å². The Bertz CT molecular complexity index is 356. The average Bonchev–Trinajstić information content (AvgIpc) is 2.26. The van der Waals surface area contributed by atoms with Crippen molar-refractivity contribution in [2.24, 2.45) is 5.92 Å². The first-order valence-corrected chi connectivity index (χ1v) is 6.45. The Morgan fingerprint density at radius 1 is 1.24 bits per heavy atom. The van der Waals surface area contributed by atoms with Gasteiger partial charge in [-0.25, -0.2) is 4.39 Å². The summed E-state index contributed by atoms with van der Waals surface area (Å²) in [6.07, 6.45) is 1.66. The third kappa shape index (κ3) is 3.29. The molecule has 0 aromatic heterocycles. The molecule has 1 N–H and O–H groups in total. The number of aliphatic hydroxyl groups excluding tert-OH is 1. The Morgan fingerprint density at radius 3 is 2.24 bits per heavy atom. The molecule has 0 heterocycles. The Kier molecular flexibility index (Phi) is 5.13. The molecule has 0 aliphatic heterocycles. The number of rotatable bonds is 5. The van der Waals surface area contributed by atoms with Gasteiger partial charge in [-0.05, 0) is 43.0 Å². The average molecular weight is 238 g/mol. The van der Waals surface area contributed by atoms with Crippen molar-refractivity contribution in [3.8, 4) is 0 Å². The van der Waals surface area contributed by atoms with Crippen molar-refractivity contribution in [2.75, 3.05) is 0 Å². The molecule has 0 unspecified atom stereocenters. The van der Waals surface area contributed by atoms with Crippen molar-refractivity contribution in [1.29, 1.82) is 0 Å². The fourth-order valence-electron chi connectivity index (χ4n) is 2.72. The summed E-state index contributed by atoms with van der Waals surface area (Å²) >= 11 is 0. The molecule has 96 valence electrons. The zero-order chi connectivity index (χ0) is 13.0. The van der Waals surface area contributed by atoms with Crippen LogP contribution in [0.1, 0.15) is 50.7 Å². The van der Waals surface area contributed by atoms with Crippen molar-refractivity contribution in [1.82, 2.24) is 0 Å². The minimum absolute atomic E-state index is 0.102. The van der Waals surface area contributed by atoms with Gasteiger partial charge in [-0.15, -0.1) is 0 Å². The van der Waals surface area contributed by atoms with Crippen LogP contribution in [0, 0.1) is 18.7 Å². The summed E-state index contributed by atoms with van der Waals surface area (Å²) in [7, 11) is 0. The van der Waals surface area contributed by atoms with E-state index >= 15 is 0 Å². The van der Waals surface area contributed by atoms with E-state index in [2.05, 4.69) is 13.8 Å². The molecule has 2 heteroatoms. The first kappa shape index (κ1) is 14.2. The highest BCUT2D eigenvalue weighted by Gasteiger charge is 2.26. The van der Waals surface area contributed by atoms with E-state index in [1.807, 2.05) is 19.9 Å². The summed E-state index contributed by atoms with van der Waals surface area (Å²) < 4.78 is 13.1. The molecule has 0 spiro atoms. The summed E-state index contributed by atoms with van der Waals surface area (Å²) in [6, 6.07) is 4.85. The van der Waals surface area contributed by atoms with E-state index in [4.69, 9.17) is 0 Å². The largest absolute Gasteiger partial charge is 0.393 e. The third-order valence-corrected chi connectivity index (χ3v) is 3.67. The summed E-state index contributed by atoms with van der Waals surface area (Å²) in [5, 5.41) is 10.00. The van der Waals surface area contributed by atoms with Gasteiger partial charge in [0.05, 0.1) is 6.10 Å². The van der Waals surface area contributed by atoms with Crippen molar-refractivity contribution in [3.05, 3.63) is 35.1 Å². The van der Waals surface area contributed by atoms with Crippen LogP contribution in [0.4, 0.5) is 4.39 Å². The minimum atomic E-state index is -0.399. The molecule has 1 rings (SSSR count). The third-order valence-electron chi connectivity index (χ3n) is 3.67. The van der Waals surface area contributed by atoms with Gasteiger partial charge < -0.3 is 5.11 Å². The van der Waals surface area contributed by atoms with Crippen LogP contribution < -0.4 is 0 Å². The second kappa shape index (κ2) is 6.15. The molecule has 0 saturated heterocycles. The fourth-order valence-corrected chi connectivity index (χ4v) is 2.72. The van der Waals surface area contributed by atoms with Crippen LogP contribution in [0.5, 0.6) is 0 Å². The number of benzene rings is 1. The van der Waals surface area contributed by atoms with Crippen LogP contribution in [0.3, 0.4) is 0 Å². The van der Waals surface area contributed by atoms with E-state index in [1.165, 1.54) is 6.07 Å². The fraction of sp³-hybridized carbons (Fsp3) is 0.600. The van der Waals surface area contributed by atoms with Crippen molar-refractivity contribution in [2.45, 2.75) is 52.6 Å². The molecule has 0 bridgehead atoms. The van der Waals surface area contributed by atoms with E-state index in [1.54, 1.807) is 6.07 Å². The zero-order valence-electron chi connectivity index (χ0n) is 11.2. The Hall–Kier alpha value is -0.890. The molecule has 0 aliphatic rings. The molecule has 1 aromatic carbocycles. The van der Waals surface area contributed by atoms with E-state index in [-0.39, 0.29) is 11.7 Å².